The van der Waals surface area contributed by atoms with Crippen LogP contribution < -0.4 is 10.6 Å². The Morgan fingerprint density at radius 3 is 2.38 bits per heavy atom. The summed E-state index contributed by atoms with van der Waals surface area (Å²) in [6.45, 7) is -0.977. The molecule has 0 heterocycles. The highest BCUT2D eigenvalue weighted by molar-refractivity contribution is 5.73. The fourth-order valence-corrected chi connectivity index (χ4v) is 1.44. The minimum absolute atomic E-state index is 0.0336. The zero-order valence-corrected chi connectivity index (χ0v) is 8.73. The summed E-state index contributed by atoms with van der Waals surface area (Å²) >= 11 is 0. The molecule has 0 unspecified atom stereocenters. The molecule has 1 rings (SSSR count). The third-order valence-corrected chi connectivity index (χ3v) is 2.67. The average Bonchev–Trinajstić information content (AvgIpc) is 2.92. The van der Waals surface area contributed by atoms with E-state index in [2.05, 4.69) is 5.32 Å². The first-order valence-electron chi connectivity index (χ1n) is 5.06. The summed E-state index contributed by atoms with van der Waals surface area (Å²) in [6, 6.07) is -0.818. The van der Waals surface area contributed by atoms with Crippen LogP contribution in [0.4, 0.5) is 18.0 Å². The quantitative estimate of drug-likeness (QED) is 0.671. The molecule has 1 saturated carbocycles. The van der Waals surface area contributed by atoms with Gasteiger partial charge in [-0.05, 0) is 24.7 Å². The molecule has 0 radical (unpaired) electrons. The molecule has 0 saturated heterocycles. The minimum Gasteiger partial charge on any atom is -0.396 e. The molecule has 0 aromatic rings. The molecule has 0 aromatic carbocycles. The van der Waals surface area contributed by atoms with E-state index in [1.165, 1.54) is 0 Å². The van der Waals surface area contributed by atoms with Crippen LogP contribution in [0.2, 0.25) is 0 Å². The number of alkyl halides is 3. The molecule has 7 heteroatoms. The molecule has 94 valence electrons. The molecule has 0 bridgehead atoms. The Morgan fingerprint density at radius 2 is 1.94 bits per heavy atom. The Hall–Kier alpha value is -0.980. The predicted octanol–water partition coefficient (Wildman–Crippen LogP) is 1.01. The molecule has 2 amide bonds. The molecule has 1 aliphatic rings. The van der Waals surface area contributed by atoms with Crippen molar-refractivity contribution < 1.29 is 23.1 Å². The molecule has 3 N–H and O–H groups in total. The summed E-state index contributed by atoms with van der Waals surface area (Å²) in [5.41, 5.74) is -0.0929. The van der Waals surface area contributed by atoms with E-state index in [1.54, 1.807) is 5.32 Å². The van der Waals surface area contributed by atoms with Gasteiger partial charge in [0.1, 0.15) is 6.54 Å². The molecule has 0 spiro atoms. The van der Waals surface area contributed by atoms with Crippen LogP contribution in [0.15, 0.2) is 0 Å². The van der Waals surface area contributed by atoms with Crippen LogP contribution in [-0.2, 0) is 0 Å². The average molecular weight is 240 g/mol. The molecular weight excluding hydrogens is 225 g/mol. The van der Waals surface area contributed by atoms with Gasteiger partial charge in [0.05, 0.1) is 0 Å². The maximum atomic E-state index is 11.7. The summed E-state index contributed by atoms with van der Waals surface area (Å²) in [6.07, 6.45) is -2.02. The number of amides is 2. The van der Waals surface area contributed by atoms with E-state index in [0.717, 1.165) is 12.8 Å². The largest absolute Gasteiger partial charge is 0.405 e. The van der Waals surface area contributed by atoms with Crippen molar-refractivity contribution in [3.05, 3.63) is 0 Å². The third-order valence-electron chi connectivity index (χ3n) is 2.67. The van der Waals surface area contributed by atoms with Crippen LogP contribution in [0.5, 0.6) is 0 Å². The van der Waals surface area contributed by atoms with E-state index in [9.17, 15) is 18.0 Å². The molecular formula is C9H15F3N2O2. The molecule has 16 heavy (non-hydrogen) atoms. The van der Waals surface area contributed by atoms with Crippen molar-refractivity contribution in [1.29, 1.82) is 0 Å². The highest BCUT2D eigenvalue weighted by atomic mass is 19.4. The lowest BCUT2D eigenvalue weighted by molar-refractivity contribution is -0.122. The van der Waals surface area contributed by atoms with Crippen molar-refractivity contribution in [3.8, 4) is 0 Å². The van der Waals surface area contributed by atoms with Crippen molar-refractivity contribution >= 4 is 6.03 Å². The van der Waals surface area contributed by atoms with Gasteiger partial charge in [0.2, 0.25) is 0 Å². The minimum atomic E-state index is -4.39. The van der Waals surface area contributed by atoms with Crippen molar-refractivity contribution in [2.75, 3.05) is 19.7 Å². The number of aliphatic hydroxyl groups excluding tert-OH is 1. The lowest BCUT2D eigenvalue weighted by atomic mass is 10.0. The van der Waals surface area contributed by atoms with Gasteiger partial charge in [-0.3, -0.25) is 0 Å². The van der Waals surface area contributed by atoms with E-state index in [-0.39, 0.29) is 12.0 Å². The maximum absolute atomic E-state index is 11.7. The van der Waals surface area contributed by atoms with E-state index < -0.39 is 18.8 Å². The van der Waals surface area contributed by atoms with Gasteiger partial charge >= 0.3 is 12.2 Å². The number of hydrogen-bond acceptors (Lipinski definition) is 2. The number of carbonyl (C=O) groups excluding carboxylic acids is 1. The fraction of sp³-hybridized carbons (Fsp3) is 0.889. The molecule has 0 aliphatic heterocycles. The summed E-state index contributed by atoms with van der Waals surface area (Å²) < 4.78 is 35.2. The Labute approximate surface area is 91.2 Å². The molecule has 1 aliphatic carbocycles. The Bertz CT molecular complexity index is 252. The second-order valence-corrected chi connectivity index (χ2v) is 4.13. The van der Waals surface area contributed by atoms with Crippen molar-refractivity contribution in [3.63, 3.8) is 0 Å². The molecule has 0 aromatic heterocycles. The van der Waals surface area contributed by atoms with Gasteiger partial charge in [0.15, 0.2) is 0 Å². The lowest BCUT2D eigenvalue weighted by Gasteiger charge is -2.15. The number of carbonyl (C=O) groups is 1. The first-order chi connectivity index (χ1) is 7.37. The predicted molar refractivity (Wildman–Crippen MR) is 50.8 cm³/mol. The van der Waals surface area contributed by atoms with Gasteiger partial charge in [0.25, 0.3) is 0 Å². The maximum Gasteiger partial charge on any atom is 0.405 e. The smallest absolute Gasteiger partial charge is 0.396 e. The number of urea groups is 1. The standard InChI is InChI=1S/C9H15F3N2O2/c10-9(11,12)6-14-7(16)13-5-8(1-2-8)3-4-15/h15H,1-6H2,(H2,13,14,16). The van der Waals surface area contributed by atoms with Crippen LogP contribution in [0, 0.1) is 5.41 Å². The van der Waals surface area contributed by atoms with Gasteiger partial charge in [0, 0.05) is 13.2 Å². The van der Waals surface area contributed by atoms with Crippen LogP contribution >= 0.6 is 0 Å². The summed E-state index contributed by atoms with van der Waals surface area (Å²) in [7, 11) is 0. The molecule has 1 fully saturated rings. The van der Waals surface area contributed by atoms with Gasteiger partial charge in [-0.2, -0.15) is 13.2 Å². The van der Waals surface area contributed by atoms with E-state index in [4.69, 9.17) is 5.11 Å². The summed E-state index contributed by atoms with van der Waals surface area (Å²) in [5, 5.41) is 12.8. The van der Waals surface area contributed by atoms with Crippen LogP contribution in [0.25, 0.3) is 0 Å². The second kappa shape index (κ2) is 4.90. The van der Waals surface area contributed by atoms with Crippen LogP contribution in [-0.4, -0.2) is 37.0 Å². The fourth-order valence-electron chi connectivity index (χ4n) is 1.44. The first kappa shape index (κ1) is 13.1. The van der Waals surface area contributed by atoms with E-state index in [0.29, 0.717) is 13.0 Å². The Balaban J connectivity index is 2.16. The van der Waals surface area contributed by atoms with Gasteiger partial charge in [-0.15, -0.1) is 0 Å². The molecule has 0 atom stereocenters. The third kappa shape index (κ3) is 4.69. The monoisotopic (exact) mass is 240 g/mol. The second-order valence-electron chi connectivity index (χ2n) is 4.13. The Kier molecular flexibility index (Phi) is 4.01. The number of rotatable bonds is 5. The SMILES string of the molecule is O=C(NCC(F)(F)F)NCC1(CCO)CC1. The zero-order chi connectivity index (χ0) is 12.2. The van der Waals surface area contributed by atoms with Crippen LogP contribution in [0.1, 0.15) is 19.3 Å². The Morgan fingerprint density at radius 1 is 1.31 bits per heavy atom. The number of nitrogens with one attached hydrogen (secondary N) is 2. The topological polar surface area (TPSA) is 61.4 Å². The van der Waals surface area contributed by atoms with Crippen LogP contribution in [0.3, 0.4) is 0 Å². The van der Waals surface area contributed by atoms with Crippen molar-refractivity contribution in [2.24, 2.45) is 5.41 Å². The number of aliphatic hydroxyl groups is 1. The van der Waals surface area contributed by atoms with Gasteiger partial charge < -0.3 is 15.7 Å². The number of halogens is 3. The van der Waals surface area contributed by atoms with E-state index in [1.807, 2.05) is 0 Å². The van der Waals surface area contributed by atoms with Crippen molar-refractivity contribution in [1.82, 2.24) is 10.6 Å². The number of hydrogen-bond donors (Lipinski definition) is 3. The first-order valence-corrected chi connectivity index (χ1v) is 5.06. The van der Waals surface area contributed by atoms with Gasteiger partial charge in [-0.25, -0.2) is 4.79 Å². The van der Waals surface area contributed by atoms with E-state index >= 15 is 0 Å². The van der Waals surface area contributed by atoms with Crippen molar-refractivity contribution in [2.45, 2.75) is 25.4 Å². The summed E-state index contributed by atoms with van der Waals surface area (Å²) in [4.78, 5) is 11.0. The lowest BCUT2D eigenvalue weighted by Crippen LogP contribution is -2.42. The normalized spacial score (nSPS) is 18.0. The molecule has 4 nitrogen and oxygen atoms in total. The highest BCUT2D eigenvalue weighted by Gasteiger charge is 2.42. The highest BCUT2D eigenvalue weighted by Crippen LogP contribution is 2.47. The summed E-state index contributed by atoms with van der Waals surface area (Å²) in [5.74, 6) is 0. The van der Waals surface area contributed by atoms with Gasteiger partial charge in [-0.1, -0.05) is 0 Å². The zero-order valence-electron chi connectivity index (χ0n) is 8.73.